The van der Waals surface area contributed by atoms with E-state index in [1.54, 1.807) is 28.9 Å². The Balaban J connectivity index is 1.40. The largest absolute Gasteiger partial charge is 0.492 e. The predicted octanol–water partition coefficient (Wildman–Crippen LogP) is 4.84. The first-order chi connectivity index (χ1) is 19.6. The molecule has 1 amide bonds. The molecule has 1 aliphatic heterocycles. The summed E-state index contributed by atoms with van der Waals surface area (Å²) in [5.41, 5.74) is 1.99. The molecule has 218 valence electrons. The van der Waals surface area contributed by atoms with Gasteiger partial charge in [0.1, 0.15) is 24.8 Å². The van der Waals surface area contributed by atoms with Crippen LogP contribution in [0, 0.1) is 6.92 Å². The van der Waals surface area contributed by atoms with Gasteiger partial charge in [-0.3, -0.25) is 24.0 Å². The van der Waals surface area contributed by atoms with Crippen molar-refractivity contribution in [1.82, 2.24) is 24.3 Å². The van der Waals surface area contributed by atoms with Crippen molar-refractivity contribution in [3.63, 3.8) is 0 Å². The summed E-state index contributed by atoms with van der Waals surface area (Å²) in [6, 6.07) is 8.79. The molecule has 11 heteroatoms. The van der Waals surface area contributed by atoms with E-state index < -0.39 is 8.07 Å². The van der Waals surface area contributed by atoms with E-state index in [4.69, 9.17) is 14.5 Å². The number of nitrogens with zero attached hydrogens (tertiary/aromatic N) is 5. The minimum atomic E-state index is -1.28. The lowest BCUT2D eigenvalue weighted by atomic mass is 10.1. The standard InChI is InChI=1S/C30H39N5O4SSi/c1-21-16-24(39-12-11-33-7-9-34(10-8-33)22(2)36)18-25-28(21)32-29(26-17-23-6-14-40-27(23)19-31-26)35(30(25)37)20-38-13-15-41(3,4)5/h6,14,16-19H,7-13,15,20H2,1-5H3. The van der Waals surface area contributed by atoms with Crippen LogP contribution < -0.4 is 10.3 Å². The topological polar surface area (TPSA) is 89.8 Å². The van der Waals surface area contributed by atoms with Crippen molar-refractivity contribution in [2.75, 3.05) is 45.9 Å². The number of fused-ring (bicyclic) bond motifs is 2. The van der Waals surface area contributed by atoms with Gasteiger partial charge >= 0.3 is 0 Å². The van der Waals surface area contributed by atoms with Crippen molar-refractivity contribution in [2.24, 2.45) is 0 Å². The Kier molecular flexibility index (Phi) is 8.88. The van der Waals surface area contributed by atoms with Gasteiger partial charge < -0.3 is 14.4 Å². The van der Waals surface area contributed by atoms with Gasteiger partial charge in [0.15, 0.2) is 5.82 Å². The first-order valence-corrected chi connectivity index (χ1v) is 18.7. The van der Waals surface area contributed by atoms with Gasteiger partial charge in [0.25, 0.3) is 5.56 Å². The molecule has 1 fully saturated rings. The lowest BCUT2D eigenvalue weighted by Crippen LogP contribution is -2.48. The Hall–Kier alpha value is -3.12. The fourth-order valence-corrected chi connectivity index (χ4v) is 6.46. The molecule has 0 saturated carbocycles. The molecule has 0 aliphatic carbocycles. The molecular weight excluding hydrogens is 555 g/mol. The summed E-state index contributed by atoms with van der Waals surface area (Å²) in [6.45, 7) is 15.6. The molecule has 0 bridgehead atoms. The number of ether oxygens (including phenoxy) is 2. The number of hydrogen-bond donors (Lipinski definition) is 0. The molecule has 9 nitrogen and oxygen atoms in total. The molecule has 1 aliphatic rings. The van der Waals surface area contributed by atoms with Gasteiger partial charge in [-0.05, 0) is 53.6 Å². The average molecular weight is 594 g/mol. The number of amides is 1. The molecule has 4 aromatic rings. The lowest BCUT2D eigenvalue weighted by Gasteiger charge is -2.34. The number of piperazine rings is 1. The molecule has 0 spiro atoms. The van der Waals surface area contributed by atoms with Crippen molar-refractivity contribution in [3.8, 4) is 17.3 Å². The van der Waals surface area contributed by atoms with Gasteiger partial charge in [0.2, 0.25) is 5.91 Å². The number of pyridine rings is 1. The van der Waals surface area contributed by atoms with Crippen LogP contribution in [0.15, 0.2) is 40.6 Å². The minimum absolute atomic E-state index is 0.112. The first kappa shape index (κ1) is 29.4. The van der Waals surface area contributed by atoms with Gasteiger partial charge in [0.05, 0.1) is 15.6 Å². The van der Waals surface area contributed by atoms with E-state index in [2.05, 4.69) is 35.6 Å². The Morgan fingerprint density at radius 3 is 2.61 bits per heavy atom. The maximum atomic E-state index is 14.0. The Morgan fingerprint density at radius 2 is 1.88 bits per heavy atom. The summed E-state index contributed by atoms with van der Waals surface area (Å²) < 4.78 is 14.9. The van der Waals surface area contributed by atoms with Gasteiger partial charge in [-0.25, -0.2) is 4.98 Å². The van der Waals surface area contributed by atoms with Crippen molar-refractivity contribution < 1.29 is 14.3 Å². The quantitative estimate of drug-likeness (QED) is 0.192. The number of thiophene rings is 1. The number of aryl methyl sites for hydroxylation is 1. The van der Waals surface area contributed by atoms with Gasteiger partial charge in [-0.2, -0.15) is 0 Å². The highest BCUT2D eigenvalue weighted by molar-refractivity contribution is 7.17. The van der Waals surface area contributed by atoms with Gasteiger partial charge in [-0.15, -0.1) is 11.3 Å². The molecule has 4 heterocycles. The van der Waals surface area contributed by atoms with Gasteiger partial charge in [0, 0.05) is 60.5 Å². The molecule has 0 atom stereocenters. The first-order valence-electron chi connectivity index (χ1n) is 14.2. The maximum absolute atomic E-state index is 14.0. The number of carbonyl (C=O) groups is 1. The second kappa shape index (κ2) is 12.4. The van der Waals surface area contributed by atoms with E-state index in [1.807, 2.05) is 35.5 Å². The summed E-state index contributed by atoms with van der Waals surface area (Å²) in [5, 5.41) is 3.61. The molecular formula is C30H39N5O4SSi. The summed E-state index contributed by atoms with van der Waals surface area (Å²) in [5.74, 6) is 1.28. The Morgan fingerprint density at radius 1 is 1.10 bits per heavy atom. The zero-order valence-electron chi connectivity index (χ0n) is 24.6. The monoisotopic (exact) mass is 593 g/mol. The number of aromatic nitrogens is 3. The Bertz CT molecular complexity index is 1600. The zero-order valence-corrected chi connectivity index (χ0v) is 26.4. The van der Waals surface area contributed by atoms with Crippen LogP contribution in [-0.2, 0) is 16.3 Å². The third-order valence-electron chi connectivity index (χ3n) is 7.50. The normalized spacial score (nSPS) is 14.7. The molecule has 0 N–H and O–H groups in total. The van der Waals surface area contributed by atoms with E-state index >= 15 is 0 Å². The van der Waals surface area contributed by atoms with Crippen molar-refractivity contribution >= 4 is 46.3 Å². The molecule has 3 aromatic heterocycles. The number of benzene rings is 1. The van der Waals surface area contributed by atoms with Crippen molar-refractivity contribution in [3.05, 3.63) is 51.8 Å². The van der Waals surface area contributed by atoms with Crippen molar-refractivity contribution in [1.29, 1.82) is 0 Å². The third kappa shape index (κ3) is 7.03. The fourth-order valence-electron chi connectivity index (χ4n) is 4.97. The van der Waals surface area contributed by atoms with Crippen LogP contribution in [-0.4, -0.2) is 84.3 Å². The van der Waals surface area contributed by atoms with E-state index in [1.165, 1.54) is 0 Å². The number of carbonyl (C=O) groups excluding carboxylic acids is 1. The summed E-state index contributed by atoms with van der Waals surface area (Å²) in [7, 11) is -1.28. The SMILES string of the molecule is CC(=O)N1CCN(CCOc2cc(C)c3nc(-c4cc5ccsc5cn4)n(COCC[Si](C)(C)C)c(=O)c3c2)CC1. The second-order valence-electron chi connectivity index (χ2n) is 11.9. The highest BCUT2D eigenvalue weighted by atomic mass is 32.1. The van der Waals surface area contributed by atoms with Crippen LogP contribution in [0.2, 0.25) is 25.7 Å². The number of hydrogen-bond acceptors (Lipinski definition) is 8. The van der Waals surface area contributed by atoms with Crippen LogP contribution in [0.4, 0.5) is 0 Å². The van der Waals surface area contributed by atoms with E-state index in [0.29, 0.717) is 41.4 Å². The predicted molar refractivity (Wildman–Crippen MR) is 168 cm³/mol. The highest BCUT2D eigenvalue weighted by Crippen LogP contribution is 2.27. The third-order valence-corrected chi connectivity index (χ3v) is 10.1. The zero-order chi connectivity index (χ0) is 29.1. The summed E-state index contributed by atoms with van der Waals surface area (Å²) in [6.07, 6.45) is 1.84. The highest BCUT2D eigenvalue weighted by Gasteiger charge is 2.20. The number of rotatable bonds is 10. The molecule has 0 unspecified atom stereocenters. The molecule has 1 aromatic carbocycles. The molecule has 1 saturated heterocycles. The lowest BCUT2D eigenvalue weighted by molar-refractivity contribution is -0.130. The average Bonchev–Trinajstić information content (AvgIpc) is 3.40. The van der Waals surface area contributed by atoms with Crippen LogP contribution in [0.1, 0.15) is 12.5 Å². The van der Waals surface area contributed by atoms with E-state index in [0.717, 1.165) is 54.4 Å². The fraction of sp³-hybridized carbons (Fsp3) is 0.467. The smallest absolute Gasteiger partial charge is 0.263 e. The summed E-state index contributed by atoms with van der Waals surface area (Å²) >= 11 is 1.64. The van der Waals surface area contributed by atoms with Crippen LogP contribution in [0.3, 0.4) is 0 Å². The van der Waals surface area contributed by atoms with Gasteiger partial charge in [-0.1, -0.05) is 19.6 Å². The van der Waals surface area contributed by atoms with Crippen LogP contribution in [0.25, 0.3) is 32.5 Å². The maximum Gasteiger partial charge on any atom is 0.263 e. The molecule has 5 rings (SSSR count). The molecule has 0 radical (unpaired) electrons. The second-order valence-corrected chi connectivity index (χ2v) is 18.4. The van der Waals surface area contributed by atoms with Crippen LogP contribution in [0.5, 0.6) is 5.75 Å². The van der Waals surface area contributed by atoms with Crippen LogP contribution >= 0.6 is 11.3 Å². The van der Waals surface area contributed by atoms with E-state index in [9.17, 15) is 9.59 Å². The minimum Gasteiger partial charge on any atom is -0.492 e. The summed E-state index contributed by atoms with van der Waals surface area (Å²) in [4.78, 5) is 39.4. The Labute approximate surface area is 245 Å². The van der Waals surface area contributed by atoms with E-state index in [-0.39, 0.29) is 18.2 Å². The molecule has 41 heavy (non-hydrogen) atoms. The van der Waals surface area contributed by atoms with Crippen molar-refractivity contribution in [2.45, 2.75) is 46.3 Å².